The summed E-state index contributed by atoms with van der Waals surface area (Å²) >= 11 is 0. The van der Waals surface area contributed by atoms with E-state index in [1.54, 1.807) is 12.3 Å². The second kappa shape index (κ2) is 6.04. The summed E-state index contributed by atoms with van der Waals surface area (Å²) in [7, 11) is 0. The maximum absolute atomic E-state index is 13.8. The molecule has 1 aromatic heterocycles. The molecular weight excluding hydrogens is 303 g/mol. The molecule has 24 heavy (non-hydrogen) atoms. The Morgan fingerprint density at radius 2 is 1.96 bits per heavy atom. The second-order valence-corrected chi connectivity index (χ2v) is 6.23. The highest BCUT2D eigenvalue weighted by atomic mass is 19.1. The molecular formula is C20H17FN2O. The lowest BCUT2D eigenvalue weighted by Crippen LogP contribution is -2.26. The molecule has 1 aliphatic rings. The summed E-state index contributed by atoms with van der Waals surface area (Å²) in [5.41, 5.74) is 2.73. The van der Waals surface area contributed by atoms with E-state index in [1.165, 1.54) is 12.1 Å². The Kier molecular flexibility index (Phi) is 3.73. The van der Waals surface area contributed by atoms with Crippen molar-refractivity contribution in [2.75, 3.05) is 6.54 Å². The van der Waals surface area contributed by atoms with E-state index < -0.39 is 0 Å². The van der Waals surface area contributed by atoms with Gasteiger partial charge in [0.1, 0.15) is 5.82 Å². The standard InChI is InChI=1S/C20H17FN2O/c21-15-8-9-18-16(10-15)19(20(24)23-11-13-6-7-13)17(12-22-18)14-4-2-1-3-5-14/h1-5,8-10,12-13H,6-7,11H2,(H,23,24). The molecule has 1 saturated carbocycles. The fourth-order valence-electron chi connectivity index (χ4n) is 2.89. The number of nitrogens with zero attached hydrogens (tertiary/aromatic N) is 1. The van der Waals surface area contributed by atoms with E-state index in [0.717, 1.165) is 24.0 Å². The van der Waals surface area contributed by atoms with Gasteiger partial charge in [-0.25, -0.2) is 4.39 Å². The van der Waals surface area contributed by atoms with E-state index in [1.807, 2.05) is 30.3 Å². The summed E-state index contributed by atoms with van der Waals surface area (Å²) in [5.74, 6) is 0.0449. The lowest BCUT2D eigenvalue weighted by atomic mass is 9.97. The molecule has 4 heteroatoms. The highest BCUT2D eigenvalue weighted by Crippen LogP contribution is 2.31. The van der Waals surface area contributed by atoms with Crippen LogP contribution in [0.4, 0.5) is 4.39 Å². The molecule has 0 atom stereocenters. The van der Waals surface area contributed by atoms with E-state index in [-0.39, 0.29) is 11.7 Å². The van der Waals surface area contributed by atoms with Crippen LogP contribution in [0.25, 0.3) is 22.0 Å². The van der Waals surface area contributed by atoms with Crippen molar-refractivity contribution in [3.8, 4) is 11.1 Å². The molecule has 0 spiro atoms. The largest absolute Gasteiger partial charge is 0.352 e. The minimum atomic E-state index is -0.370. The number of rotatable bonds is 4. The number of hydrogen-bond donors (Lipinski definition) is 1. The minimum Gasteiger partial charge on any atom is -0.352 e. The van der Waals surface area contributed by atoms with E-state index in [0.29, 0.717) is 28.9 Å². The van der Waals surface area contributed by atoms with Crippen molar-refractivity contribution in [3.05, 3.63) is 66.1 Å². The number of carbonyl (C=O) groups excluding carboxylic acids is 1. The average Bonchev–Trinajstić information content (AvgIpc) is 3.43. The van der Waals surface area contributed by atoms with Crippen molar-refractivity contribution in [1.29, 1.82) is 0 Å². The number of benzene rings is 2. The van der Waals surface area contributed by atoms with Gasteiger partial charge in [-0.2, -0.15) is 0 Å². The minimum absolute atomic E-state index is 0.168. The zero-order valence-electron chi connectivity index (χ0n) is 13.1. The molecule has 0 bridgehead atoms. The monoisotopic (exact) mass is 320 g/mol. The van der Waals surface area contributed by atoms with Crippen molar-refractivity contribution in [2.24, 2.45) is 5.92 Å². The lowest BCUT2D eigenvalue weighted by Gasteiger charge is -2.13. The van der Waals surface area contributed by atoms with Crippen LogP contribution >= 0.6 is 0 Å². The molecule has 1 fully saturated rings. The Bertz CT molecular complexity index is 904. The van der Waals surface area contributed by atoms with Crippen LogP contribution in [0.1, 0.15) is 23.2 Å². The van der Waals surface area contributed by atoms with E-state index in [4.69, 9.17) is 0 Å². The lowest BCUT2D eigenvalue weighted by molar-refractivity contribution is 0.0954. The number of halogens is 1. The maximum Gasteiger partial charge on any atom is 0.252 e. The van der Waals surface area contributed by atoms with E-state index in [9.17, 15) is 9.18 Å². The van der Waals surface area contributed by atoms with Gasteiger partial charge in [-0.1, -0.05) is 30.3 Å². The fraction of sp³-hybridized carbons (Fsp3) is 0.200. The van der Waals surface area contributed by atoms with Crippen molar-refractivity contribution in [1.82, 2.24) is 10.3 Å². The Balaban J connectivity index is 1.87. The first-order chi connectivity index (χ1) is 11.7. The molecule has 1 aliphatic carbocycles. The molecule has 1 N–H and O–H groups in total. The van der Waals surface area contributed by atoms with Gasteiger partial charge in [-0.15, -0.1) is 0 Å². The first-order valence-corrected chi connectivity index (χ1v) is 8.14. The zero-order chi connectivity index (χ0) is 16.5. The van der Waals surface area contributed by atoms with Crippen molar-refractivity contribution < 1.29 is 9.18 Å². The summed E-state index contributed by atoms with van der Waals surface area (Å²) in [6.07, 6.45) is 4.02. The Hall–Kier alpha value is -2.75. The number of pyridine rings is 1. The predicted molar refractivity (Wildman–Crippen MR) is 92.2 cm³/mol. The molecule has 3 aromatic rings. The number of aromatic nitrogens is 1. The van der Waals surface area contributed by atoms with E-state index in [2.05, 4.69) is 10.3 Å². The molecule has 0 unspecified atom stereocenters. The van der Waals surface area contributed by atoms with Gasteiger partial charge in [0, 0.05) is 23.7 Å². The molecule has 1 amide bonds. The van der Waals surface area contributed by atoms with Crippen molar-refractivity contribution in [3.63, 3.8) is 0 Å². The molecule has 4 rings (SSSR count). The number of fused-ring (bicyclic) bond motifs is 1. The molecule has 0 aliphatic heterocycles. The molecule has 2 aromatic carbocycles. The average molecular weight is 320 g/mol. The molecule has 1 heterocycles. The van der Waals surface area contributed by atoms with Gasteiger partial charge < -0.3 is 5.32 Å². The third kappa shape index (κ3) is 2.87. The summed E-state index contributed by atoms with van der Waals surface area (Å²) in [5, 5.41) is 3.54. The van der Waals surface area contributed by atoms with Crippen LogP contribution in [0.3, 0.4) is 0 Å². The zero-order valence-corrected chi connectivity index (χ0v) is 13.1. The summed E-state index contributed by atoms with van der Waals surface area (Å²) in [4.78, 5) is 17.2. The molecule has 120 valence electrons. The van der Waals surface area contributed by atoms with Crippen LogP contribution in [0.15, 0.2) is 54.7 Å². The SMILES string of the molecule is O=C(NCC1CC1)c1c(-c2ccccc2)cnc2ccc(F)cc12. The van der Waals surface area contributed by atoms with Crippen molar-refractivity contribution in [2.45, 2.75) is 12.8 Å². The van der Waals surface area contributed by atoms with Crippen LogP contribution in [-0.4, -0.2) is 17.4 Å². The number of carbonyl (C=O) groups is 1. The normalized spacial score (nSPS) is 13.9. The quantitative estimate of drug-likeness (QED) is 0.783. The number of hydrogen-bond acceptors (Lipinski definition) is 2. The maximum atomic E-state index is 13.8. The second-order valence-electron chi connectivity index (χ2n) is 6.23. The summed E-state index contributed by atoms with van der Waals surface area (Å²) < 4.78 is 13.8. The number of nitrogens with one attached hydrogen (secondary N) is 1. The van der Waals surface area contributed by atoms with Gasteiger partial charge in [0.2, 0.25) is 0 Å². The van der Waals surface area contributed by atoms with Gasteiger partial charge in [-0.05, 0) is 42.5 Å². The van der Waals surface area contributed by atoms with Gasteiger partial charge >= 0.3 is 0 Å². The first-order valence-electron chi connectivity index (χ1n) is 8.14. The van der Waals surface area contributed by atoms with E-state index >= 15 is 0 Å². The van der Waals surface area contributed by atoms with Crippen LogP contribution < -0.4 is 5.32 Å². The highest BCUT2D eigenvalue weighted by Gasteiger charge is 2.24. The Morgan fingerprint density at radius 1 is 1.17 bits per heavy atom. The Labute approximate surface area is 139 Å². The van der Waals surface area contributed by atoms with Crippen LogP contribution in [0.5, 0.6) is 0 Å². The third-order valence-electron chi connectivity index (χ3n) is 4.39. The molecule has 0 radical (unpaired) electrons. The van der Waals surface area contributed by atoms with Gasteiger partial charge in [-0.3, -0.25) is 9.78 Å². The van der Waals surface area contributed by atoms with Crippen molar-refractivity contribution >= 4 is 16.8 Å². The topological polar surface area (TPSA) is 42.0 Å². The van der Waals surface area contributed by atoms with Gasteiger partial charge in [0.25, 0.3) is 5.91 Å². The van der Waals surface area contributed by atoms with Gasteiger partial charge in [0.15, 0.2) is 0 Å². The summed E-state index contributed by atoms with van der Waals surface area (Å²) in [6.45, 7) is 0.673. The molecule has 0 saturated heterocycles. The Morgan fingerprint density at radius 3 is 2.71 bits per heavy atom. The smallest absolute Gasteiger partial charge is 0.252 e. The van der Waals surface area contributed by atoms with Crippen LogP contribution in [-0.2, 0) is 0 Å². The number of amides is 1. The van der Waals surface area contributed by atoms with Crippen LogP contribution in [0, 0.1) is 11.7 Å². The fourth-order valence-corrected chi connectivity index (χ4v) is 2.89. The molecule has 3 nitrogen and oxygen atoms in total. The highest BCUT2D eigenvalue weighted by molar-refractivity contribution is 6.11. The summed E-state index contributed by atoms with van der Waals surface area (Å²) in [6, 6.07) is 14.0. The van der Waals surface area contributed by atoms with Crippen LogP contribution in [0.2, 0.25) is 0 Å². The predicted octanol–water partition coefficient (Wildman–Crippen LogP) is 4.18. The van der Waals surface area contributed by atoms with Gasteiger partial charge in [0.05, 0.1) is 11.1 Å². The first kappa shape index (κ1) is 14.8. The third-order valence-corrected chi connectivity index (χ3v) is 4.39.